The van der Waals surface area contributed by atoms with E-state index in [0.29, 0.717) is 11.4 Å². The van der Waals surface area contributed by atoms with Gasteiger partial charge in [-0.3, -0.25) is 4.90 Å². The topological polar surface area (TPSA) is 52.7 Å². The summed E-state index contributed by atoms with van der Waals surface area (Å²) in [6.45, 7) is 5.77. The normalized spacial score (nSPS) is 15.2. The Morgan fingerprint density at radius 3 is 2.36 bits per heavy atom. The van der Waals surface area contributed by atoms with Gasteiger partial charge in [0.15, 0.2) is 0 Å². The third kappa shape index (κ3) is 5.29. The summed E-state index contributed by atoms with van der Waals surface area (Å²) in [5.41, 5.74) is 6.62. The summed E-state index contributed by atoms with van der Waals surface area (Å²) in [6, 6.07) is 22.4. The average molecular weight is 464 g/mol. The van der Waals surface area contributed by atoms with Crippen LogP contribution in [0.2, 0.25) is 0 Å². The molecule has 1 N–H and O–H groups in total. The summed E-state index contributed by atoms with van der Waals surface area (Å²) in [5.74, 6) is 0. The van der Waals surface area contributed by atoms with Crippen molar-refractivity contribution in [2.45, 2.75) is 37.8 Å². The summed E-state index contributed by atoms with van der Waals surface area (Å²) < 4.78 is 29.4. The summed E-state index contributed by atoms with van der Waals surface area (Å²) in [5, 5.41) is 0. The standard InChI is InChI=1S/C27H33N3O2S/c1-20-9-10-21(2)27(17-20)33(31,32)28-18-26(23-11-13-25(14-12-23)29(3)4)30-16-15-22-7-5-6-8-24(22)19-30/h5-14,17,26,28H,15-16,18-19H2,1-4H3/t26-/m1/s1. The van der Waals surface area contributed by atoms with Crippen molar-refractivity contribution in [3.8, 4) is 0 Å². The Bertz CT molecular complexity index is 1220. The first-order valence-corrected chi connectivity index (χ1v) is 12.9. The molecule has 4 rings (SSSR count). The van der Waals surface area contributed by atoms with Crippen LogP contribution in [0.3, 0.4) is 0 Å². The van der Waals surface area contributed by atoms with Crippen LogP contribution in [0.15, 0.2) is 71.6 Å². The van der Waals surface area contributed by atoms with E-state index in [1.807, 2.05) is 40.1 Å². The van der Waals surface area contributed by atoms with Crippen LogP contribution in [-0.4, -0.2) is 40.5 Å². The fourth-order valence-corrected chi connectivity index (χ4v) is 5.86. The lowest BCUT2D eigenvalue weighted by molar-refractivity contribution is 0.180. The molecule has 0 amide bonds. The zero-order valence-corrected chi connectivity index (χ0v) is 20.7. The molecule has 0 saturated heterocycles. The smallest absolute Gasteiger partial charge is 0.240 e. The Morgan fingerprint density at radius 2 is 1.67 bits per heavy atom. The minimum atomic E-state index is -3.62. The van der Waals surface area contributed by atoms with Gasteiger partial charge in [0.1, 0.15) is 0 Å². The van der Waals surface area contributed by atoms with Gasteiger partial charge in [-0.25, -0.2) is 13.1 Å². The lowest BCUT2D eigenvalue weighted by Crippen LogP contribution is -2.40. The Kier molecular flexibility index (Phi) is 6.88. The molecule has 33 heavy (non-hydrogen) atoms. The number of benzene rings is 3. The molecule has 0 saturated carbocycles. The summed E-state index contributed by atoms with van der Waals surface area (Å²) in [6.07, 6.45) is 0.964. The maximum atomic E-state index is 13.2. The number of fused-ring (bicyclic) bond motifs is 1. The zero-order chi connectivity index (χ0) is 23.6. The molecular weight excluding hydrogens is 430 g/mol. The number of sulfonamides is 1. The molecule has 0 spiro atoms. The number of nitrogens with zero attached hydrogens (tertiary/aromatic N) is 2. The van der Waals surface area contributed by atoms with E-state index >= 15 is 0 Å². The van der Waals surface area contributed by atoms with E-state index < -0.39 is 10.0 Å². The number of nitrogens with one attached hydrogen (secondary N) is 1. The second-order valence-electron chi connectivity index (χ2n) is 9.11. The maximum Gasteiger partial charge on any atom is 0.240 e. The van der Waals surface area contributed by atoms with E-state index in [1.165, 1.54) is 11.1 Å². The van der Waals surface area contributed by atoms with Gasteiger partial charge in [-0.1, -0.05) is 48.5 Å². The van der Waals surface area contributed by atoms with E-state index in [4.69, 9.17) is 0 Å². The minimum Gasteiger partial charge on any atom is -0.378 e. The van der Waals surface area contributed by atoms with Gasteiger partial charge in [0.05, 0.1) is 4.90 Å². The largest absolute Gasteiger partial charge is 0.378 e. The van der Waals surface area contributed by atoms with Crippen molar-refractivity contribution in [3.63, 3.8) is 0 Å². The molecule has 1 aliphatic rings. The van der Waals surface area contributed by atoms with Crippen molar-refractivity contribution >= 4 is 15.7 Å². The third-order valence-electron chi connectivity index (χ3n) is 6.50. The number of anilines is 1. The average Bonchev–Trinajstić information content (AvgIpc) is 2.81. The predicted molar refractivity (Wildman–Crippen MR) is 135 cm³/mol. The van der Waals surface area contributed by atoms with Gasteiger partial charge in [0.25, 0.3) is 0 Å². The van der Waals surface area contributed by atoms with Crippen molar-refractivity contribution in [1.82, 2.24) is 9.62 Å². The molecule has 6 heteroatoms. The van der Waals surface area contributed by atoms with Crippen LogP contribution < -0.4 is 9.62 Å². The van der Waals surface area contributed by atoms with Crippen LogP contribution in [0.5, 0.6) is 0 Å². The van der Waals surface area contributed by atoms with E-state index in [1.54, 1.807) is 6.07 Å². The summed E-state index contributed by atoms with van der Waals surface area (Å²) in [4.78, 5) is 4.81. The Balaban J connectivity index is 1.62. The molecule has 5 nitrogen and oxygen atoms in total. The van der Waals surface area contributed by atoms with E-state index in [2.05, 4.69) is 63.1 Å². The quantitative estimate of drug-likeness (QED) is 0.563. The van der Waals surface area contributed by atoms with E-state index in [-0.39, 0.29) is 6.04 Å². The second-order valence-corrected chi connectivity index (χ2v) is 10.8. The van der Waals surface area contributed by atoms with Gasteiger partial charge in [-0.05, 0) is 66.3 Å². The monoisotopic (exact) mass is 463 g/mol. The summed E-state index contributed by atoms with van der Waals surface area (Å²) >= 11 is 0. The van der Waals surface area contributed by atoms with Crippen LogP contribution in [0.4, 0.5) is 5.69 Å². The molecular formula is C27H33N3O2S. The van der Waals surface area contributed by atoms with Crippen LogP contribution in [-0.2, 0) is 23.0 Å². The molecule has 1 atom stereocenters. The van der Waals surface area contributed by atoms with Crippen LogP contribution in [0, 0.1) is 13.8 Å². The van der Waals surface area contributed by atoms with Crippen LogP contribution >= 0.6 is 0 Å². The van der Waals surface area contributed by atoms with Crippen molar-refractivity contribution in [2.75, 3.05) is 32.1 Å². The maximum absolute atomic E-state index is 13.2. The molecule has 3 aromatic carbocycles. The zero-order valence-electron chi connectivity index (χ0n) is 19.9. The number of hydrogen-bond donors (Lipinski definition) is 1. The van der Waals surface area contributed by atoms with Gasteiger partial charge < -0.3 is 4.90 Å². The summed E-state index contributed by atoms with van der Waals surface area (Å²) in [7, 11) is 0.418. The van der Waals surface area contributed by atoms with Gasteiger partial charge in [-0.15, -0.1) is 0 Å². The predicted octanol–water partition coefficient (Wildman–Crippen LogP) is 4.45. The molecule has 0 radical (unpaired) electrons. The minimum absolute atomic E-state index is 0.0607. The first-order valence-electron chi connectivity index (χ1n) is 11.4. The van der Waals surface area contributed by atoms with E-state index in [0.717, 1.165) is 41.9 Å². The number of aryl methyl sites for hydroxylation is 2. The van der Waals surface area contributed by atoms with Gasteiger partial charge in [0.2, 0.25) is 10.0 Å². The molecule has 0 unspecified atom stereocenters. The highest BCUT2D eigenvalue weighted by atomic mass is 32.2. The fourth-order valence-electron chi connectivity index (χ4n) is 4.50. The van der Waals surface area contributed by atoms with Crippen LogP contribution in [0.1, 0.15) is 33.9 Å². The fraction of sp³-hybridized carbons (Fsp3) is 0.333. The molecule has 0 bridgehead atoms. The molecule has 174 valence electrons. The van der Waals surface area contributed by atoms with E-state index in [9.17, 15) is 8.42 Å². The number of rotatable bonds is 7. The first-order chi connectivity index (χ1) is 15.7. The highest BCUT2D eigenvalue weighted by Gasteiger charge is 2.27. The van der Waals surface area contributed by atoms with Crippen molar-refractivity contribution in [1.29, 1.82) is 0 Å². The second kappa shape index (κ2) is 9.67. The Labute approximate surface area is 198 Å². The highest BCUT2D eigenvalue weighted by molar-refractivity contribution is 7.89. The molecule has 0 fully saturated rings. The number of hydrogen-bond acceptors (Lipinski definition) is 4. The van der Waals surface area contributed by atoms with Gasteiger partial charge >= 0.3 is 0 Å². The Morgan fingerprint density at radius 1 is 0.970 bits per heavy atom. The molecule has 3 aromatic rings. The molecule has 1 aliphatic heterocycles. The highest BCUT2D eigenvalue weighted by Crippen LogP contribution is 2.29. The van der Waals surface area contributed by atoms with Crippen molar-refractivity contribution < 1.29 is 8.42 Å². The molecule has 0 aromatic heterocycles. The lowest BCUT2D eigenvalue weighted by Gasteiger charge is -2.36. The Hall–Kier alpha value is -2.67. The van der Waals surface area contributed by atoms with Crippen molar-refractivity contribution in [2.24, 2.45) is 0 Å². The molecule has 0 aliphatic carbocycles. The van der Waals surface area contributed by atoms with Crippen molar-refractivity contribution in [3.05, 3.63) is 94.5 Å². The first kappa shape index (κ1) is 23.5. The third-order valence-corrected chi connectivity index (χ3v) is 8.06. The van der Waals surface area contributed by atoms with Crippen LogP contribution in [0.25, 0.3) is 0 Å². The SMILES string of the molecule is Cc1ccc(C)c(S(=O)(=O)NC[C@H](c2ccc(N(C)C)cc2)N2CCc3ccccc3C2)c1. The lowest BCUT2D eigenvalue weighted by atomic mass is 9.96. The van der Waals surface area contributed by atoms with Gasteiger partial charge in [0, 0.05) is 45.5 Å². The van der Waals surface area contributed by atoms with Gasteiger partial charge in [-0.2, -0.15) is 0 Å². The molecule has 1 heterocycles.